The molecule has 2 heterocycles. The minimum Gasteiger partial charge on any atom is -0.501 e. The zero-order valence-corrected chi connectivity index (χ0v) is 15.5. The maximum absolute atomic E-state index is 5.17. The van der Waals surface area contributed by atoms with Crippen molar-refractivity contribution in [1.82, 2.24) is 15.0 Å². The number of ether oxygens (including phenoxy) is 1. The third kappa shape index (κ3) is 4.55. The average Bonchev–Trinajstić information content (AvgIpc) is 2.75. The first kappa shape index (κ1) is 18.3. The highest BCUT2D eigenvalue weighted by Crippen LogP contribution is 2.25. The lowest BCUT2D eigenvalue weighted by Crippen LogP contribution is -1.92. The van der Waals surface area contributed by atoms with Gasteiger partial charge in [-0.05, 0) is 54.0 Å². The monoisotopic (exact) mass is 355 g/mol. The molecule has 0 radical (unpaired) electrons. The third-order valence-corrected chi connectivity index (χ3v) is 4.20. The zero-order chi connectivity index (χ0) is 19.1. The molecule has 0 amide bonds. The number of aromatic nitrogens is 3. The summed E-state index contributed by atoms with van der Waals surface area (Å²) in [6.07, 6.45) is 10.8. The fourth-order valence-electron chi connectivity index (χ4n) is 2.58. The van der Waals surface area contributed by atoms with Gasteiger partial charge in [-0.1, -0.05) is 36.9 Å². The van der Waals surface area contributed by atoms with Crippen LogP contribution >= 0.6 is 0 Å². The molecule has 0 spiro atoms. The predicted molar refractivity (Wildman–Crippen MR) is 110 cm³/mol. The molecule has 0 fully saturated rings. The zero-order valence-electron chi connectivity index (χ0n) is 15.5. The van der Waals surface area contributed by atoms with Crippen molar-refractivity contribution in [1.29, 1.82) is 0 Å². The van der Waals surface area contributed by atoms with Gasteiger partial charge in [-0.25, -0.2) is 9.97 Å². The van der Waals surface area contributed by atoms with Crippen LogP contribution in [0.15, 0.2) is 91.8 Å². The SMILES string of the molecule is C=C/C(=C\C=C(/C)OC)c1cc(-c2ccc(-c3ccncc3)cc2)ncn1. The van der Waals surface area contributed by atoms with Crippen molar-refractivity contribution >= 4 is 5.57 Å². The van der Waals surface area contributed by atoms with Gasteiger partial charge in [0.25, 0.3) is 0 Å². The van der Waals surface area contributed by atoms with Gasteiger partial charge in [-0.3, -0.25) is 4.98 Å². The van der Waals surface area contributed by atoms with Gasteiger partial charge in [0.15, 0.2) is 0 Å². The molecule has 0 aliphatic carbocycles. The number of benzene rings is 1. The molecule has 0 saturated carbocycles. The topological polar surface area (TPSA) is 47.9 Å². The highest BCUT2D eigenvalue weighted by Gasteiger charge is 2.05. The molecule has 3 rings (SSSR count). The number of rotatable bonds is 6. The van der Waals surface area contributed by atoms with E-state index in [1.54, 1.807) is 31.9 Å². The summed E-state index contributed by atoms with van der Waals surface area (Å²) in [5.74, 6) is 0.815. The lowest BCUT2D eigenvalue weighted by molar-refractivity contribution is 0.294. The molecule has 1 aromatic carbocycles. The molecule has 0 bridgehead atoms. The molecule has 4 nitrogen and oxygen atoms in total. The van der Waals surface area contributed by atoms with E-state index >= 15 is 0 Å². The van der Waals surface area contributed by atoms with Gasteiger partial charge >= 0.3 is 0 Å². The summed E-state index contributed by atoms with van der Waals surface area (Å²) in [6, 6.07) is 14.2. The van der Waals surface area contributed by atoms with E-state index in [0.29, 0.717) is 0 Å². The van der Waals surface area contributed by atoms with Crippen molar-refractivity contribution in [3.05, 3.63) is 97.4 Å². The summed E-state index contributed by atoms with van der Waals surface area (Å²) in [5, 5.41) is 0. The lowest BCUT2D eigenvalue weighted by atomic mass is 10.0. The summed E-state index contributed by atoms with van der Waals surface area (Å²) in [7, 11) is 1.64. The molecule has 0 aliphatic heterocycles. The van der Waals surface area contributed by atoms with Crippen LogP contribution in [0.25, 0.3) is 28.0 Å². The fourth-order valence-corrected chi connectivity index (χ4v) is 2.58. The molecular formula is C23H21N3O. The molecule has 0 unspecified atom stereocenters. The van der Waals surface area contributed by atoms with Gasteiger partial charge in [-0.15, -0.1) is 0 Å². The minimum absolute atomic E-state index is 0.813. The summed E-state index contributed by atoms with van der Waals surface area (Å²) in [5.41, 5.74) is 5.89. The fraction of sp³-hybridized carbons (Fsp3) is 0.0870. The van der Waals surface area contributed by atoms with Crippen LogP contribution in [0.5, 0.6) is 0 Å². The van der Waals surface area contributed by atoms with Crippen LogP contribution in [0.3, 0.4) is 0 Å². The van der Waals surface area contributed by atoms with E-state index in [4.69, 9.17) is 4.74 Å². The van der Waals surface area contributed by atoms with Crippen LogP contribution in [0.2, 0.25) is 0 Å². The Hall–Kier alpha value is -3.53. The van der Waals surface area contributed by atoms with E-state index in [-0.39, 0.29) is 0 Å². The normalized spacial score (nSPS) is 11.9. The number of nitrogens with zero attached hydrogens (tertiary/aromatic N) is 3. The van der Waals surface area contributed by atoms with E-state index in [1.165, 1.54) is 0 Å². The summed E-state index contributed by atoms with van der Waals surface area (Å²) in [4.78, 5) is 12.9. The molecule has 2 aromatic heterocycles. The number of hydrogen-bond donors (Lipinski definition) is 0. The van der Waals surface area contributed by atoms with Gasteiger partial charge in [0.1, 0.15) is 6.33 Å². The Labute approximate surface area is 159 Å². The van der Waals surface area contributed by atoms with Crippen LogP contribution in [0.1, 0.15) is 12.6 Å². The van der Waals surface area contributed by atoms with E-state index in [9.17, 15) is 0 Å². The Morgan fingerprint density at radius 2 is 1.59 bits per heavy atom. The molecule has 0 N–H and O–H groups in total. The Bertz CT molecular complexity index is 974. The Balaban J connectivity index is 1.90. The van der Waals surface area contributed by atoms with Crippen LogP contribution in [0.4, 0.5) is 0 Å². The highest BCUT2D eigenvalue weighted by atomic mass is 16.5. The summed E-state index contributed by atoms with van der Waals surface area (Å²) < 4.78 is 5.17. The van der Waals surface area contributed by atoms with Gasteiger partial charge in [0.05, 0.1) is 24.3 Å². The van der Waals surface area contributed by atoms with Crippen molar-refractivity contribution in [3.63, 3.8) is 0 Å². The summed E-state index contributed by atoms with van der Waals surface area (Å²) >= 11 is 0. The molecular weight excluding hydrogens is 334 g/mol. The smallest absolute Gasteiger partial charge is 0.116 e. The van der Waals surface area contributed by atoms with Crippen LogP contribution in [-0.4, -0.2) is 22.1 Å². The Morgan fingerprint density at radius 1 is 0.926 bits per heavy atom. The van der Waals surface area contributed by atoms with E-state index < -0.39 is 0 Å². The first-order valence-electron chi connectivity index (χ1n) is 8.59. The van der Waals surface area contributed by atoms with Gasteiger partial charge in [-0.2, -0.15) is 0 Å². The highest BCUT2D eigenvalue weighted by molar-refractivity contribution is 5.75. The maximum Gasteiger partial charge on any atom is 0.116 e. The second-order valence-corrected chi connectivity index (χ2v) is 5.91. The molecule has 134 valence electrons. The number of methoxy groups -OCH3 is 1. The number of pyridine rings is 1. The molecule has 27 heavy (non-hydrogen) atoms. The molecule has 3 aromatic rings. The van der Waals surface area contributed by atoms with E-state index in [1.807, 2.05) is 37.3 Å². The van der Waals surface area contributed by atoms with Gasteiger partial charge < -0.3 is 4.74 Å². The van der Waals surface area contributed by atoms with Crippen LogP contribution in [-0.2, 0) is 4.74 Å². The average molecular weight is 355 g/mol. The molecule has 0 atom stereocenters. The van der Waals surface area contributed by atoms with Crippen molar-refractivity contribution in [3.8, 4) is 22.4 Å². The van der Waals surface area contributed by atoms with Gasteiger partial charge in [0, 0.05) is 18.0 Å². The van der Waals surface area contributed by atoms with E-state index in [2.05, 4.69) is 45.8 Å². The Morgan fingerprint density at radius 3 is 2.26 bits per heavy atom. The van der Waals surface area contributed by atoms with Crippen LogP contribution in [0, 0.1) is 0 Å². The Kier molecular flexibility index (Phi) is 5.90. The van der Waals surface area contributed by atoms with E-state index in [0.717, 1.165) is 39.4 Å². The second kappa shape index (κ2) is 8.72. The lowest BCUT2D eigenvalue weighted by Gasteiger charge is -2.06. The third-order valence-electron chi connectivity index (χ3n) is 4.20. The van der Waals surface area contributed by atoms with Crippen molar-refractivity contribution in [2.45, 2.75) is 6.92 Å². The second-order valence-electron chi connectivity index (χ2n) is 5.91. The summed E-state index contributed by atoms with van der Waals surface area (Å²) in [6.45, 7) is 5.78. The first-order valence-corrected chi connectivity index (χ1v) is 8.59. The number of allylic oxidation sites excluding steroid dienone is 5. The largest absolute Gasteiger partial charge is 0.501 e. The number of hydrogen-bond acceptors (Lipinski definition) is 4. The van der Waals surface area contributed by atoms with Crippen LogP contribution < -0.4 is 0 Å². The molecule has 0 saturated heterocycles. The van der Waals surface area contributed by atoms with Crippen molar-refractivity contribution in [2.24, 2.45) is 0 Å². The predicted octanol–water partition coefficient (Wildman–Crippen LogP) is 5.33. The maximum atomic E-state index is 5.17. The standard InChI is InChI=1S/C23H21N3O/c1-4-18(6-5-17(2)27-3)22-15-23(26-16-25-22)21-9-7-19(8-10-21)20-11-13-24-14-12-20/h4-16H,1H2,2-3H3/b17-5+,18-6+. The minimum atomic E-state index is 0.813. The molecule has 0 aliphatic rings. The van der Waals surface area contributed by atoms with Crippen molar-refractivity contribution < 1.29 is 4.74 Å². The molecule has 4 heteroatoms. The van der Waals surface area contributed by atoms with Crippen molar-refractivity contribution in [2.75, 3.05) is 7.11 Å². The first-order chi connectivity index (χ1) is 13.2. The quantitative estimate of drug-likeness (QED) is 0.443. The van der Waals surface area contributed by atoms with Gasteiger partial charge in [0.2, 0.25) is 0 Å².